The number of aromatic nitrogens is 2. The molecule has 0 bridgehead atoms. The third-order valence-electron chi connectivity index (χ3n) is 5.09. The highest BCUT2D eigenvalue weighted by Gasteiger charge is 2.20. The zero-order valence-corrected chi connectivity index (χ0v) is 17.8. The van der Waals surface area contributed by atoms with E-state index in [-0.39, 0.29) is 24.1 Å². The van der Waals surface area contributed by atoms with E-state index in [1.54, 1.807) is 4.90 Å². The van der Waals surface area contributed by atoms with E-state index >= 15 is 0 Å². The standard InChI is InChI=1S/C24H23N3O2S/c1-17(2)27(13-18-9-5-3-6-10-18)21(28)14-26-16-25-23-22(24(26)29)20(15-30-23)19-11-7-4-8-12-19/h3-12,15-17H,13-14H2,1-2H3. The lowest BCUT2D eigenvalue weighted by molar-refractivity contribution is -0.134. The Hall–Kier alpha value is -3.25. The van der Waals surface area contributed by atoms with Gasteiger partial charge in [-0.3, -0.25) is 14.2 Å². The number of carbonyl (C=O) groups excluding carboxylic acids is 1. The summed E-state index contributed by atoms with van der Waals surface area (Å²) in [5.41, 5.74) is 2.71. The Balaban J connectivity index is 1.65. The summed E-state index contributed by atoms with van der Waals surface area (Å²) in [4.78, 5) is 33.2. The Labute approximate surface area is 179 Å². The molecule has 4 rings (SSSR count). The molecule has 0 N–H and O–H groups in total. The molecule has 0 radical (unpaired) electrons. The first-order valence-electron chi connectivity index (χ1n) is 9.90. The van der Waals surface area contributed by atoms with Gasteiger partial charge in [0.1, 0.15) is 11.4 Å². The number of rotatable bonds is 6. The fraction of sp³-hybridized carbons (Fsp3) is 0.208. The minimum Gasteiger partial charge on any atom is -0.334 e. The SMILES string of the molecule is CC(C)N(Cc1ccccc1)C(=O)Cn1cnc2scc(-c3ccccc3)c2c1=O. The minimum atomic E-state index is -0.183. The molecule has 0 saturated heterocycles. The van der Waals surface area contributed by atoms with Gasteiger partial charge in [-0.15, -0.1) is 11.3 Å². The van der Waals surface area contributed by atoms with Gasteiger partial charge in [-0.1, -0.05) is 60.7 Å². The lowest BCUT2D eigenvalue weighted by Gasteiger charge is -2.27. The van der Waals surface area contributed by atoms with Crippen LogP contribution in [0.15, 0.2) is 77.2 Å². The van der Waals surface area contributed by atoms with Crippen molar-refractivity contribution >= 4 is 27.5 Å². The first-order chi connectivity index (χ1) is 14.5. The first-order valence-corrected chi connectivity index (χ1v) is 10.8. The normalized spacial score (nSPS) is 11.2. The number of hydrogen-bond acceptors (Lipinski definition) is 4. The summed E-state index contributed by atoms with van der Waals surface area (Å²) in [6.07, 6.45) is 1.48. The van der Waals surface area contributed by atoms with E-state index in [1.807, 2.05) is 79.9 Å². The summed E-state index contributed by atoms with van der Waals surface area (Å²) in [5, 5.41) is 2.52. The minimum absolute atomic E-state index is 0.0196. The molecule has 2 heterocycles. The second-order valence-electron chi connectivity index (χ2n) is 7.47. The van der Waals surface area contributed by atoms with Crippen molar-refractivity contribution < 1.29 is 4.79 Å². The highest BCUT2D eigenvalue weighted by molar-refractivity contribution is 7.17. The van der Waals surface area contributed by atoms with Crippen LogP contribution in [0.3, 0.4) is 0 Å². The van der Waals surface area contributed by atoms with Crippen LogP contribution in [0.4, 0.5) is 0 Å². The lowest BCUT2D eigenvalue weighted by atomic mass is 10.1. The van der Waals surface area contributed by atoms with Crippen molar-refractivity contribution in [2.24, 2.45) is 0 Å². The van der Waals surface area contributed by atoms with Crippen LogP contribution in [-0.4, -0.2) is 26.4 Å². The summed E-state index contributed by atoms with van der Waals surface area (Å²) >= 11 is 1.44. The van der Waals surface area contributed by atoms with Crippen LogP contribution in [0.2, 0.25) is 0 Å². The van der Waals surface area contributed by atoms with Crippen LogP contribution in [0, 0.1) is 0 Å². The molecule has 152 valence electrons. The molecule has 2 aromatic heterocycles. The molecule has 0 aliphatic carbocycles. The molecule has 1 amide bonds. The summed E-state index contributed by atoms with van der Waals surface area (Å²) in [7, 11) is 0. The van der Waals surface area contributed by atoms with Gasteiger partial charge in [-0.25, -0.2) is 4.98 Å². The quantitative estimate of drug-likeness (QED) is 0.462. The topological polar surface area (TPSA) is 55.2 Å². The van der Waals surface area contributed by atoms with Gasteiger partial charge in [0, 0.05) is 23.5 Å². The zero-order valence-electron chi connectivity index (χ0n) is 17.0. The average Bonchev–Trinajstić information content (AvgIpc) is 3.20. The van der Waals surface area contributed by atoms with Gasteiger partial charge >= 0.3 is 0 Å². The third kappa shape index (κ3) is 4.04. The molecule has 2 aromatic carbocycles. The van der Waals surface area contributed by atoms with Crippen molar-refractivity contribution in [3.63, 3.8) is 0 Å². The van der Waals surface area contributed by atoms with E-state index in [4.69, 9.17) is 0 Å². The zero-order chi connectivity index (χ0) is 21.1. The first kappa shape index (κ1) is 20.0. The van der Waals surface area contributed by atoms with Crippen LogP contribution in [0.1, 0.15) is 19.4 Å². The summed E-state index contributed by atoms with van der Waals surface area (Å²) in [6, 6.07) is 19.7. The molecular formula is C24H23N3O2S. The van der Waals surface area contributed by atoms with E-state index in [0.29, 0.717) is 16.8 Å². The fourth-order valence-corrected chi connectivity index (χ4v) is 4.39. The number of benzene rings is 2. The van der Waals surface area contributed by atoms with Gasteiger partial charge in [-0.05, 0) is 25.0 Å². The monoisotopic (exact) mass is 417 g/mol. The molecule has 0 unspecified atom stereocenters. The van der Waals surface area contributed by atoms with Gasteiger partial charge in [0.2, 0.25) is 5.91 Å². The molecule has 6 heteroatoms. The molecule has 0 fully saturated rings. The van der Waals surface area contributed by atoms with Crippen LogP contribution in [0.25, 0.3) is 21.3 Å². The Bertz CT molecular complexity index is 1210. The highest BCUT2D eigenvalue weighted by atomic mass is 32.1. The number of thiophene rings is 1. The Morgan fingerprint density at radius 1 is 1.07 bits per heavy atom. The molecule has 0 saturated carbocycles. The maximum absolute atomic E-state index is 13.2. The molecule has 0 spiro atoms. The van der Waals surface area contributed by atoms with Crippen molar-refractivity contribution in [1.82, 2.24) is 14.5 Å². The molecular weight excluding hydrogens is 394 g/mol. The van der Waals surface area contributed by atoms with Gasteiger partial charge in [0.25, 0.3) is 5.56 Å². The van der Waals surface area contributed by atoms with Crippen LogP contribution in [-0.2, 0) is 17.9 Å². The number of hydrogen-bond donors (Lipinski definition) is 0. The molecule has 0 aliphatic heterocycles. The van der Waals surface area contributed by atoms with Crippen molar-refractivity contribution in [1.29, 1.82) is 0 Å². The molecule has 0 aliphatic rings. The molecule has 5 nitrogen and oxygen atoms in total. The smallest absolute Gasteiger partial charge is 0.263 e. The van der Waals surface area contributed by atoms with Crippen LogP contribution >= 0.6 is 11.3 Å². The van der Waals surface area contributed by atoms with Gasteiger partial charge in [0.05, 0.1) is 11.7 Å². The largest absolute Gasteiger partial charge is 0.334 e. The summed E-state index contributed by atoms with van der Waals surface area (Å²) in [6.45, 7) is 4.45. The number of carbonyl (C=O) groups is 1. The Morgan fingerprint density at radius 3 is 2.40 bits per heavy atom. The van der Waals surface area contributed by atoms with Gasteiger partial charge in [0.15, 0.2) is 0 Å². The van der Waals surface area contributed by atoms with E-state index in [2.05, 4.69) is 4.98 Å². The summed E-state index contributed by atoms with van der Waals surface area (Å²) in [5.74, 6) is -0.103. The Morgan fingerprint density at radius 2 is 1.73 bits per heavy atom. The van der Waals surface area contributed by atoms with Crippen molar-refractivity contribution in [2.45, 2.75) is 33.0 Å². The van der Waals surface area contributed by atoms with Crippen LogP contribution in [0.5, 0.6) is 0 Å². The van der Waals surface area contributed by atoms with Crippen molar-refractivity contribution in [3.05, 3.63) is 88.3 Å². The number of amides is 1. The van der Waals surface area contributed by atoms with E-state index in [9.17, 15) is 9.59 Å². The average molecular weight is 418 g/mol. The fourth-order valence-electron chi connectivity index (χ4n) is 3.49. The van der Waals surface area contributed by atoms with Crippen molar-refractivity contribution in [2.75, 3.05) is 0 Å². The predicted molar refractivity (Wildman–Crippen MR) is 121 cm³/mol. The van der Waals surface area contributed by atoms with Crippen molar-refractivity contribution in [3.8, 4) is 11.1 Å². The Kier molecular flexibility index (Phi) is 5.77. The summed E-state index contributed by atoms with van der Waals surface area (Å²) < 4.78 is 1.42. The predicted octanol–water partition coefficient (Wildman–Crippen LogP) is 4.56. The number of nitrogens with zero attached hydrogens (tertiary/aromatic N) is 3. The second kappa shape index (κ2) is 8.63. The maximum Gasteiger partial charge on any atom is 0.263 e. The third-order valence-corrected chi connectivity index (χ3v) is 5.98. The van der Waals surface area contributed by atoms with Gasteiger partial charge in [-0.2, -0.15) is 0 Å². The van der Waals surface area contributed by atoms with Gasteiger partial charge < -0.3 is 4.90 Å². The lowest BCUT2D eigenvalue weighted by Crippen LogP contribution is -2.40. The highest BCUT2D eigenvalue weighted by Crippen LogP contribution is 2.30. The number of fused-ring (bicyclic) bond motifs is 1. The molecule has 4 aromatic rings. The maximum atomic E-state index is 13.2. The van der Waals surface area contributed by atoms with E-state index < -0.39 is 0 Å². The molecule has 30 heavy (non-hydrogen) atoms. The van der Waals surface area contributed by atoms with Crippen LogP contribution < -0.4 is 5.56 Å². The van der Waals surface area contributed by atoms with E-state index in [1.165, 1.54) is 22.2 Å². The van der Waals surface area contributed by atoms with E-state index in [0.717, 1.165) is 16.7 Å². The molecule has 0 atom stereocenters. The second-order valence-corrected chi connectivity index (χ2v) is 8.33.